The predicted molar refractivity (Wildman–Crippen MR) is 62.8 cm³/mol. The third-order valence-electron chi connectivity index (χ3n) is 1.87. The topological polar surface area (TPSA) is 33.1 Å². The fourth-order valence-electron chi connectivity index (χ4n) is 1.21. The van der Waals surface area contributed by atoms with E-state index in [0.29, 0.717) is 0 Å². The number of thiophene rings is 1. The van der Waals surface area contributed by atoms with Crippen molar-refractivity contribution in [2.75, 3.05) is 0 Å². The molecule has 0 aliphatic carbocycles. The number of hydrogen-bond acceptors (Lipinski definition) is 3. The molecule has 0 saturated carbocycles. The third-order valence-corrected chi connectivity index (χ3v) is 2.75. The smallest absolute Gasteiger partial charge is 0.121 e. The van der Waals surface area contributed by atoms with Crippen LogP contribution in [-0.2, 0) is 0 Å². The van der Waals surface area contributed by atoms with Gasteiger partial charge in [0, 0.05) is 16.3 Å². The second-order valence-electron chi connectivity index (χ2n) is 3.80. The van der Waals surface area contributed by atoms with Gasteiger partial charge in [-0.25, -0.2) is 4.98 Å². The molecule has 2 aromatic rings. The summed E-state index contributed by atoms with van der Waals surface area (Å²) in [6, 6.07) is 3.97. The maximum absolute atomic E-state index is 9.50. The first-order chi connectivity index (χ1) is 7.06. The van der Waals surface area contributed by atoms with Crippen molar-refractivity contribution in [3.05, 3.63) is 29.4 Å². The van der Waals surface area contributed by atoms with Crippen molar-refractivity contribution in [1.29, 1.82) is 0 Å². The Hall–Kier alpha value is -1.37. The van der Waals surface area contributed by atoms with E-state index in [4.69, 9.17) is 0 Å². The van der Waals surface area contributed by atoms with Crippen molar-refractivity contribution in [1.82, 2.24) is 4.98 Å². The zero-order chi connectivity index (χ0) is 10.9. The average Bonchev–Trinajstić information content (AvgIpc) is 2.61. The van der Waals surface area contributed by atoms with Gasteiger partial charge in [0.1, 0.15) is 11.3 Å². The van der Waals surface area contributed by atoms with Gasteiger partial charge in [-0.2, -0.15) is 0 Å². The SMILES string of the molecule is CC(C)(O)C#Cc1nccc2sccc12. The number of hydrogen-bond donors (Lipinski definition) is 1. The molecule has 2 aromatic heterocycles. The van der Waals surface area contributed by atoms with Crippen LogP contribution in [0.4, 0.5) is 0 Å². The van der Waals surface area contributed by atoms with Gasteiger partial charge in [0.2, 0.25) is 0 Å². The van der Waals surface area contributed by atoms with E-state index in [1.165, 1.54) is 4.70 Å². The molecule has 0 radical (unpaired) electrons. The van der Waals surface area contributed by atoms with Crippen LogP contribution in [0.15, 0.2) is 23.7 Å². The first-order valence-corrected chi connectivity index (χ1v) is 5.52. The molecule has 2 rings (SSSR count). The van der Waals surface area contributed by atoms with E-state index in [1.54, 1.807) is 31.4 Å². The minimum Gasteiger partial charge on any atom is -0.378 e. The number of rotatable bonds is 0. The Morgan fingerprint density at radius 1 is 1.40 bits per heavy atom. The van der Waals surface area contributed by atoms with Gasteiger partial charge >= 0.3 is 0 Å². The van der Waals surface area contributed by atoms with Crippen LogP contribution >= 0.6 is 11.3 Å². The molecule has 0 aromatic carbocycles. The molecule has 0 spiro atoms. The summed E-state index contributed by atoms with van der Waals surface area (Å²) in [6.45, 7) is 3.32. The summed E-state index contributed by atoms with van der Waals surface area (Å²) in [5.41, 5.74) is -0.240. The Labute approximate surface area is 92.6 Å². The molecular weight excluding hydrogens is 206 g/mol. The quantitative estimate of drug-likeness (QED) is 0.687. The highest BCUT2D eigenvalue weighted by Gasteiger charge is 2.07. The summed E-state index contributed by atoms with van der Waals surface area (Å²) >= 11 is 1.66. The molecule has 2 heterocycles. The highest BCUT2D eigenvalue weighted by Crippen LogP contribution is 2.21. The Morgan fingerprint density at radius 2 is 2.20 bits per heavy atom. The first kappa shape index (κ1) is 10.2. The van der Waals surface area contributed by atoms with Gasteiger partial charge in [0.15, 0.2) is 0 Å². The molecule has 3 heteroatoms. The summed E-state index contributed by atoms with van der Waals surface area (Å²) in [7, 11) is 0. The van der Waals surface area contributed by atoms with Gasteiger partial charge in [-0.3, -0.25) is 0 Å². The molecular formula is C12H11NOS. The van der Waals surface area contributed by atoms with Crippen LogP contribution < -0.4 is 0 Å². The number of aliphatic hydroxyl groups is 1. The molecule has 1 N–H and O–H groups in total. The molecule has 76 valence electrons. The summed E-state index contributed by atoms with van der Waals surface area (Å²) in [5.74, 6) is 5.68. The van der Waals surface area contributed by atoms with Crippen LogP contribution in [-0.4, -0.2) is 15.7 Å². The minimum absolute atomic E-state index is 0.732. The molecule has 0 bridgehead atoms. The molecule has 0 unspecified atom stereocenters. The lowest BCUT2D eigenvalue weighted by atomic mass is 10.1. The van der Waals surface area contributed by atoms with Crippen LogP contribution in [0, 0.1) is 11.8 Å². The molecule has 0 saturated heterocycles. The monoisotopic (exact) mass is 217 g/mol. The molecule has 0 fully saturated rings. The molecule has 0 aliphatic heterocycles. The fraction of sp³-hybridized carbons (Fsp3) is 0.250. The number of nitrogens with zero attached hydrogens (tertiary/aromatic N) is 1. The number of fused-ring (bicyclic) bond motifs is 1. The van der Waals surface area contributed by atoms with Gasteiger partial charge in [-0.1, -0.05) is 5.92 Å². The van der Waals surface area contributed by atoms with Gasteiger partial charge in [0.05, 0.1) is 0 Å². The molecule has 15 heavy (non-hydrogen) atoms. The average molecular weight is 217 g/mol. The minimum atomic E-state index is -0.972. The van der Waals surface area contributed by atoms with Crippen LogP contribution in [0.25, 0.3) is 10.1 Å². The Kier molecular flexibility index (Phi) is 2.47. The van der Waals surface area contributed by atoms with E-state index >= 15 is 0 Å². The Balaban J connectivity index is 2.51. The normalized spacial score (nSPS) is 11.1. The van der Waals surface area contributed by atoms with Crippen LogP contribution in [0.3, 0.4) is 0 Å². The third kappa shape index (κ3) is 2.35. The highest BCUT2D eigenvalue weighted by molar-refractivity contribution is 7.17. The maximum atomic E-state index is 9.50. The standard InChI is InChI=1S/C12H11NOS/c1-12(2,14)6-3-10-9-5-8-15-11(9)4-7-13-10/h4-5,7-8,14H,1-2H3. The highest BCUT2D eigenvalue weighted by atomic mass is 32.1. The van der Waals surface area contributed by atoms with Crippen LogP contribution in [0.5, 0.6) is 0 Å². The molecule has 0 aliphatic rings. The lowest BCUT2D eigenvalue weighted by Crippen LogP contribution is -2.14. The second-order valence-corrected chi connectivity index (χ2v) is 4.75. The lowest BCUT2D eigenvalue weighted by molar-refractivity contribution is 0.143. The Bertz CT molecular complexity index is 540. The molecule has 0 atom stereocenters. The van der Waals surface area contributed by atoms with E-state index in [1.807, 2.05) is 17.5 Å². The van der Waals surface area contributed by atoms with E-state index < -0.39 is 5.60 Å². The van der Waals surface area contributed by atoms with Crippen LogP contribution in [0.1, 0.15) is 19.5 Å². The maximum Gasteiger partial charge on any atom is 0.121 e. The lowest BCUT2D eigenvalue weighted by Gasteiger charge is -2.05. The summed E-state index contributed by atoms with van der Waals surface area (Å²) in [6.07, 6.45) is 1.74. The largest absolute Gasteiger partial charge is 0.378 e. The first-order valence-electron chi connectivity index (χ1n) is 4.64. The van der Waals surface area contributed by atoms with Gasteiger partial charge in [0.25, 0.3) is 0 Å². The van der Waals surface area contributed by atoms with Crippen molar-refractivity contribution >= 4 is 21.4 Å². The number of aromatic nitrogens is 1. The van der Waals surface area contributed by atoms with E-state index in [2.05, 4.69) is 16.8 Å². The second kappa shape index (κ2) is 3.65. The van der Waals surface area contributed by atoms with Crippen LogP contribution in [0.2, 0.25) is 0 Å². The van der Waals surface area contributed by atoms with E-state index in [0.717, 1.165) is 11.1 Å². The van der Waals surface area contributed by atoms with E-state index in [-0.39, 0.29) is 0 Å². The van der Waals surface area contributed by atoms with Crippen molar-refractivity contribution in [2.24, 2.45) is 0 Å². The van der Waals surface area contributed by atoms with Crippen molar-refractivity contribution < 1.29 is 5.11 Å². The van der Waals surface area contributed by atoms with Gasteiger partial charge in [-0.05, 0) is 37.3 Å². The summed E-state index contributed by atoms with van der Waals surface area (Å²) in [4.78, 5) is 4.20. The van der Waals surface area contributed by atoms with Gasteiger partial charge in [-0.15, -0.1) is 11.3 Å². The van der Waals surface area contributed by atoms with Gasteiger partial charge < -0.3 is 5.11 Å². The zero-order valence-corrected chi connectivity index (χ0v) is 9.43. The Morgan fingerprint density at radius 3 is 2.93 bits per heavy atom. The summed E-state index contributed by atoms with van der Waals surface area (Å²) < 4.78 is 1.17. The number of pyridine rings is 1. The molecule has 0 amide bonds. The molecule has 2 nitrogen and oxygen atoms in total. The predicted octanol–water partition coefficient (Wildman–Crippen LogP) is 2.42. The van der Waals surface area contributed by atoms with E-state index in [9.17, 15) is 5.11 Å². The van der Waals surface area contributed by atoms with Crippen molar-refractivity contribution in [2.45, 2.75) is 19.4 Å². The fourth-order valence-corrected chi connectivity index (χ4v) is 1.99. The summed E-state index contributed by atoms with van der Waals surface area (Å²) in [5, 5.41) is 12.6. The van der Waals surface area contributed by atoms with Crippen molar-refractivity contribution in [3.8, 4) is 11.8 Å². The van der Waals surface area contributed by atoms with Crippen molar-refractivity contribution in [3.63, 3.8) is 0 Å². The zero-order valence-electron chi connectivity index (χ0n) is 8.61.